The molecular formula is C13H15N3O4. The van der Waals surface area contributed by atoms with Gasteiger partial charge in [0.15, 0.2) is 5.69 Å². The lowest BCUT2D eigenvalue weighted by molar-refractivity contribution is -0.0879. The summed E-state index contributed by atoms with van der Waals surface area (Å²) in [5.74, 6) is -1.35. The first-order valence-electron chi connectivity index (χ1n) is 6.57. The number of rotatable bonds is 2. The van der Waals surface area contributed by atoms with Gasteiger partial charge in [0, 0.05) is 6.54 Å². The molecule has 7 nitrogen and oxygen atoms in total. The number of carbonyl (C=O) groups is 2. The maximum Gasteiger partial charge on any atom is 0.356 e. The van der Waals surface area contributed by atoms with Crippen LogP contribution in [0.5, 0.6) is 0 Å². The second-order valence-electron chi connectivity index (χ2n) is 5.18. The Morgan fingerprint density at radius 3 is 2.50 bits per heavy atom. The normalized spacial score (nSPS) is 20.5. The quantitative estimate of drug-likeness (QED) is 0.849. The summed E-state index contributed by atoms with van der Waals surface area (Å²) in [7, 11) is 0. The van der Waals surface area contributed by atoms with Crippen LogP contribution in [-0.2, 0) is 4.74 Å². The number of ether oxygens (including phenoxy) is 1. The molecule has 2 aliphatic rings. The Morgan fingerprint density at radius 1 is 1.25 bits per heavy atom. The molecule has 1 spiro atoms. The topological polar surface area (TPSA) is 92.6 Å². The fraction of sp³-hybridized carbons (Fsp3) is 0.538. The van der Waals surface area contributed by atoms with Crippen LogP contribution in [0.3, 0.4) is 0 Å². The van der Waals surface area contributed by atoms with E-state index >= 15 is 0 Å². The molecule has 3 rings (SSSR count). The van der Waals surface area contributed by atoms with E-state index in [9.17, 15) is 9.59 Å². The molecule has 7 heteroatoms. The van der Waals surface area contributed by atoms with Crippen LogP contribution in [0.1, 0.15) is 40.2 Å². The SMILES string of the molecule is O=C(O)c1cnc(C(=O)N2CCOCC23CCC3)cn1. The summed E-state index contributed by atoms with van der Waals surface area (Å²) in [6, 6.07) is 0. The smallest absolute Gasteiger partial charge is 0.356 e. The maximum atomic E-state index is 12.5. The highest BCUT2D eigenvalue weighted by Gasteiger charge is 2.47. The van der Waals surface area contributed by atoms with Gasteiger partial charge in [-0.2, -0.15) is 0 Å². The number of aromatic carboxylic acids is 1. The molecule has 2 heterocycles. The van der Waals surface area contributed by atoms with Gasteiger partial charge in [-0.05, 0) is 19.3 Å². The number of amides is 1. The van der Waals surface area contributed by atoms with Crippen LogP contribution < -0.4 is 0 Å². The van der Waals surface area contributed by atoms with E-state index in [4.69, 9.17) is 9.84 Å². The van der Waals surface area contributed by atoms with Gasteiger partial charge in [0.2, 0.25) is 0 Å². The molecule has 1 saturated carbocycles. The summed E-state index contributed by atoms with van der Waals surface area (Å²) >= 11 is 0. The standard InChI is InChI=1S/C13H15N3O4/c17-11(9-6-15-10(7-14-9)12(18)19)16-4-5-20-8-13(16)2-1-3-13/h6-7H,1-5,8H2,(H,18,19). The lowest BCUT2D eigenvalue weighted by Gasteiger charge is -2.52. The van der Waals surface area contributed by atoms with Crippen molar-refractivity contribution in [3.63, 3.8) is 0 Å². The minimum absolute atomic E-state index is 0.165. The molecule has 0 unspecified atom stereocenters. The lowest BCUT2D eigenvalue weighted by atomic mass is 9.75. The molecule has 1 amide bonds. The Balaban J connectivity index is 1.82. The van der Waals surface area contributed by atoms with E-state index in [-0.39, 0.29) is 22.8 Å². The van der Waals surface area contributed by atoms with Crippen LogP contribution in [0.4, 0.5) is 0 Å². The molecule has 1 aromatic heterocycles. The molecule has 1 aliphatic heterocycles. The Kier molecular flexibility index (Phi) is 3.13. The molecule has 106 valence electrons. The number of hydrogen-bond acceptors (Lipinski definition) is 5. The van der Waals surface area contributed by atoms with Crippen molar-refractivity contribution in [3.8, 4) is 0 Å². The van der Waals surface area contributed by atoms with Crippen molar-refractivity contribution in [1.29, 1.82) is 0 Å². The minimum Gasteiger partial charge on any atom is -0.476 e. The summed E-state index contributed by atoms with van der Waals surface area (Å²) < 4.78 is 5.49. The Morgan fingerprint density at radius 2 is 1.95 bits per heavy atom. The molecule has 0 radical (unpaired) electrons. The summed E-state index contributed by atoms with van der Waals surface area (Å²) in [6.07, 6.45) is 5.33. The molecule has 1 aliphatic carbocycles. The van der Waals surface area contributed by atoms with Gasteiger partial charge in [-0.15, -0.1) is 0 Å². The van der Waals surface area contributed by atoms with Crippen molar-refractivity contribution in [2.75, 3.05) is 19.8 Å². The van der Waals surface area contributed by atoms with Gasteiger partial charge in [-0.3, -0.25) is 4.79 Å². The van der Waals surface area contributed by atoms with Crippen molar-refractivity contribution in [2.24, 2.45) is 0 Å². The number of aromatic nitrogens is 2. The summed E-state index contributed by atoms with van der Waals surface area (Å²) in [6.45, 7) is 1.63. The average molecular weight is 277 g/mol. The summed E-state index contributed by atoms with van der Waals surface area (Å²) in [4.78, 5) is 32.7. The van der Waals surface area contributed by atoms with Crippen molar-refractivity contribution < 1.29 is 19.4 Å². The predicted molar refractivity (Wildman–Crippen MR) is 67.4 cm³/mol. The Bertz CT molecular complexity index is 539. The van der Waals surface area contributed by atoms with E-state index < -0.39 is 5.97 Å². The number of morpholine rings is 1. The number of carboxylic acids is 1. The first-order chi connectivity index (χ1) is 9.62. The van der Waals surface area contributed by atoms with Gasteiger partial charge in [-0.25, -0.2) is 14.8 Å². The zero-order chi connectivity index (χ0) is 14.2. The third kappa shape index (κ3) is 2.03. The molecule has 1 saturated heterocycles. The van der Waals surface area contributed by atoms with Crippen LogP contribution in [0.25, 0.3) is 0 Å². The Hall–Kier alpha value is -2.02. The zero-order valence-electron chi connectivity index (χ0n) is 10.9. The van der Waals surface area contributed by atoms with E-state index in [1.807, 2.05) is 4.90 Å². The highest BCUT2D eigenvalue weighted by atomic mass is 16.5. The van der Waals surface area contributed by atoms with Crippen LogP contribution in [-0.4, -0.2) is 57.1 Å². The molecule has 20 heavy (non-hydrogen) atoms. The van der Waals surface area contributed by atoms with Gasteiger partial charge < -0.3 is 14.7 Å². The fourth-order valence-corrected chi connectivity index (χ4v) is 2.74. The molecular weight excluding hydrogens is 262 g/mol. The van der Waals surface area contributed by atoms with Crippen molar-refractivity contribution in [2.45, 2.75) is 24.8 Å². The van der Waals surface area contributed by atoms with Crippen molar-refractivity contribution in [1.82, 2.24) is 14.9 Å². The molecule has 0 atom stereocenters. The summed E-state index contributed by atoms with van der Waals surface area (Å²) in [5, 5.41) is 8.78. The number of hydrogen-bond donors (Lipinski definition) is 1. The highest BCUT2D eigenvalue weighted by Crippen LogP contribution is 2.40. The van der Waals surface area contributed by atoms with E-state index in [1.165, 1.54) is 6.20 Å². The minimum atomic E-state index is -1.15. The highest BCUT2D eigenvalue weighted by molar-refractivity contribution is 5.93. The predicted octanol–water partition coefficient (Wildman–Crippen LogP) is 0.570. The fourth-order valence-electron chi connectivity index (χ4n) is 2.74. The molecule has 2 fully saturated rings. The lowest BCUT2D eigenvalue weighted by Crippen LogP contribution is -2.62. The largest absolute Gasteiger partial charge is 0.476 e. The van der Waals surface area contributed by atoms with Crippen LogP contribution >= 0.6 is 0 Å². The number of nitrogens with zero attached hydrogens (tertiary/aromatic N) is 3. The van der Waals surface area contributed by atoms with Gasteiger partial charge in [-0.1, -0.05) is 0 Å². The van der Waals surface area contributed by atoms with Gasteiger partial charge in [0.25, 0.3) is 5.91 Å². The second kappa shape index (κ2) is 4.82. The van der Waals surface area contributed by atoms with Crippen LogP contribution in [0.2, 0.25) is 0 Å². The van der Waals surface area contributed by atoms with Crippen molar-refractivity contribution in [3.05, 3.63) is 23.8 Å². The van der Waals surface area contributed by atoms with Gasteiger partial charge >= 0.3 is 5.97 Å². The third-order valence-electron chi connectivity index (χ3n) is 4.02. The summed E-state index contributed by atoms with van der Waals surface area (Å²) in [5.41, 5.74) is -0.173. The maximum absolute atomic E-state index is 12.5. The van der Waals surface area contributed by atoms with E-state index in [1.54, 1.807) is 0 Å². The Labute approximate surface area is 115 Å². The van der Waals surface area contributed by atoms with E-state index in [0.717, 1.165) is 25.5 Å². The molecule has 1 aromatic rings. The van der Waals surface area contributed by atoms with Crippen LogP contribution in [0, 0.1) is 0 Å². The van der Waals surface area contributed by atoms with Gasteiger partial charge in [0.1, 0.15) is 5.69 Å². The third-order valence-corrected chi connectivity index (χ3v) is 4.02. The monoisotopic (exact) mass is 277 g/mol. The number of carbonyl (C=O) groups excluding carboxylic acids is 1. The molecule has 0 bridgehead atoms. The molecule has 0 aromatic carbocycles. The average Bonchev–Trinajstić information content (AvgIpc) is 2.45. The van der Waals surface area contributed by atoms with Crippen LogP contribution in [0.15, 0.2) is 12.4 Å². The van der Waals surface area contributed by atoms with Crippen molar-refractivity contribution >= 4 is 11.9 Å². The van der Waals surface area contributed by atoms with E-state index in [0.29, 0.717) is 19.8 Å². The second-order valence-corrected chi connectivity index (χ2v) is 5.18. The first-order valence-corrected chi connectivity index (χ1v) is 6.57. The zero-order valence-corrected chi connectivity index (χ0v) is 10.9. The first kappa shape index (κ1) is 13.0. The van der Waals surface area contributed by atoms with E-state index in [2.05, 4.69) is 9.97 Å². The number of carboxylic acid groups (broad SMARTS) is 1. The van der Waals surface area contributed by atoms with Gasteiger partial charge in [0.05, 0.1) is 31.1 Å². The molecule has 1 N–H and O–H groups in total.